The number of thiophene rings is 1. The fourth-order valence-corrected chi connectivity index (χ4v) is 6.18. The van der Waals surface area contributed by atoms with Gasteiger partial charge >= 0.3 is 6.09 Å². The lowest BCUT2D eigenvalue weighted by atomic mass is 10.1. The second-order valence-corrected chi connectivity index (χ2v) is 10.8. The molecule has 3 heterocycles. The number of carbonyl (C=O) groups is 2. The van der Waals surface area contributed by atoms with E-state index >= 15 is 0 Å². The van der Waals surface area contributed by atoms with Crippen LogP contribution < -0.4 is 19.3 Å². The van der Waals surface area contributed by atoms with Crippen molar-refractivity contribution in [1.29, 1.82) is 0 Å². The van der Waals surface area contributed by atoms with Gasteiger partial charge in [-0.3, -0.25) is 14.6 Å². The number of anilines is 2. The van der Waals surface area contributed by atoms with Gasteiger partial charge in [0.15, 0.2) is 11.5 Å². The molecule has 10 heteroatoms. The van der Waals surface area contributed by atoms with Gasteiger partial charge in [0.25, 0.3) is 0 Å². The van der Waals surface area contributed by atoms with Crippen LogP contribution in [0.3, 0.4) is 0 Å². The number of benzene rings is 2. The maximum Gasteiger partial charge on any atom is 0.410 e. The summed E-state index contributed by atoms with van der Waals surface area (Å²) in [5.74, 6) is 1.15. The lowest BCUT2D eigenvalue weighted by molar-refractivity contribution is -0.120. The minimum atomic E-state index is -0.488. The lowest BCUT2D eigenvalue weighted by Crippen LogP contribution is -2.52. The van der Waals surface area contributed by atoms with Gasteiger partial charge in [-0.25, -0.2) is 4.79 Å². The summed E-state index contributed by atoms with van der Waals surface area (Å²) in [6.45, 7) is 8.45. The van der Waals surface area contributed by atoms with Crippen molar-refractivity contribution in [3.05, 3.63) is 47.3 Å². The van der Waals surface area contributed by atoms with E-state index in [2.05, 4.69) is 39.4 Å². The molecule has 0 unspecified atom stereocenters. The molecular weight excluding hydrogens is 516 g/mol. The summed E-state index contributed by atoms with van der Waals surface area (Å²) >= 11 is 1.80. The Bertz CT molecular complexity index is 1320. The molecule has 0 atom stereocenters. The van der Waals surface area contributed by atoms with Crippen molar-refractivity contribution in [2.75, 3.05) is 83.0 Å². The smallest absolute Gasteiger partial charge is 0.410 e. The molecule has 3 aromatic rings. The second kappa shape index (κ2) is 12.1. The van der Waals surface area contributed by atoms with Gasteiger partial charge in [-0.15, -0.1) is 11.3 Å². The fourth-order valence-electron chi connectivity index (χ4n) is 5.38. The number of piperazine rings is 2. The first-order chi connectivity index (χ1) is 19.0. The van der Waals surface area contributed by atoms with E-state index in [9.17, 15) is 9.59 Å². The van der Waals surface area contributed by atoms with E-state index in [1.54, 1.807) is 23.3 Å². The van der Waals surface area contributed by atoms with Crippen molar-refractivity contribution < 1.29 is 23.8 Å². The van der Waals surface area contributed by atoms with Gasteiger partial charge in [0.1, 0.15) is 6.54 Å². The first-order valence-electron chi connectivity index (χ1n) is 13.4. The maximum absolute atomic E-state index is 12.7. The summed E-state index contributed by atoms with van der Waals surface area (Å²) in [7, 11) is 2.93. The van der Waals surface area contributed by atoms with Crippen molar-refractivity contribution in [3.63, 3.8) is 0 Å². The van der Waals surface area contributed by atoms with E-state index in [-0.39, 0.29) is 12.5 Å². The molecule has 1 aromatic heterocycles. The molecular formula is C29H36N4O5S. The van der Waals surface area contributed by atoms with Crippen LogP contribution in [0.2, 0.25) is 0 Å². The zero-order chi connectivity index (χ0) is 27.4. The Morgan fingerprint density at radius 2 is 1.85 bits per heavy atom. The topological polar surface area (TPSA) is 74.8 Å². The predicted molar refractivity (Wildman–Crippen MR) is 155 cm³/mol. The lowest BCUT2D eigenvalue weighted by Gasteiger charge is -2.36. The Balaban J connectivity index is 1.12. The average Bonchev–Trinajstić information content (AvgIpc) is 3.45. The van der Waals surface area contributed by atoms with Gasteiger partial charge in [0, 0.05) is 73.3 Å². The Kier molecular flexibility index (Phi) is 8.42. The van der Waals surface area contributed by atoms with E-state index in [0.717, 1.165) is 50.4 Å². The molecule has 208 valence electrons. The van der Waals surface area contributed by atoms with E-state index in [1.807, 2.05) is 19.1 Å². The third-order valence-electron chi connectivity index (χ3n) is 7.46. The molecule has 2 amide bonds. The molecule has 0 N–H and O–H groups in total. The predicted octanol–water partition coefficient (Wildman–Crippen LogP) is 4.22. The van der Waals surface area contributed by atoms with Crippen LogP contribution in [0.4, 0.5) is 16.2 Å². The van der Waals surface area contributed by atoms with Gasteiger partial charge in [-0.2, -0.15) is 0 Å². The number of hydrogen-bond donors (Lipinski definition) is 0. The number of rotatable bonds is 8. The van der Waals surface area contributed by atoms with Gasteiger partial charge < -0.3 is 24.0 Å². The van der Waals surface area contributed by atoms with Gasteiger partial charge in [0.2, 0.25) is 5.91 Å². The highest BCUT2D eigenvalue weighted by Gasteiger charge is 2.29. The largest absolute Gasteiger partial charge is 0.493 e. The van der Waals surface area contributed by atoms with Crippen LogP contribution in [-0.2, 0) is 9.53 Å². The number of amides is 2. The summed E-state index contributed by atoms with van der Waals surface area (Å²) < 4.78 is 17.9. The normalized spacial score (nSPS) is 16.6. The summed E-state index contributed by atoms with van der Waals surface area (Å²) in [4.78, 5) is 32.6. The number of aryl methyl sites for hydroxylation is 1. The summed E-state index contributed by atoms with van der Waals surface area (Å²) in [6.07, 6.45) is 0.427. The third kappa shape index (κ3) is 5.91. The monoisotopic (exact) mass is 552 g/mol. The molecule has 9 nitrogen and oxygen atoms in total. The summed E-state index contributed by atoms with van der Waals surface area (Å²) in [5.41, 5.74) is 2.99. The molecule has 2 saturated heterocycles. The molecule has 2 aliphatic heterocycles. The molecule has 5 rings (SSSR count). The highest BCUT2D eigenvalue weighted by atomic mass is 32.1. The molecule has 39 heavy (non-hydrogen) atoms. The van der Waals surface area contributed by atoms with Crippen LogP contribution in [-0.4, -0.2) is 95.0 Å². The van der Waals surface area contributed by atoms with Crippen molar-refractivity contribution in [3.8, 4) is 11.5 Å². The Hall–Kier alpha value is -3.50. The second-order valence-electron chi connectivity index (χ2n) is 9.87. The average molecular weight is 553 g/mol. The third-order valence-corrected chi connectivity index (χ3v) is 8.34. The standard InChI is InChI=1S/C29H36N4O5S/c1-21-18-22(33-15-14-32(20-27(33)34)29(35)37-3)19-25(36-2)28(21)38-16-5-9-30-10-12-31(13-11-30)24-6-4-7-26-23(24)8-17-39-26/h4,6-8,17-19H,5,9-16,20H2,1-3H3. The molecule has 2 aliphatic rings. The Morgan fingerprint density at radius 1 is 1.03 bits per heavy atom. The van der Waals surface area contributed by atoms with Crippen LogP contribution >= 0.6 is 11.3 Å². The zero-order valence-electron chi connectivity index (χ0n) is 22.9. The van der Waals surface area contributed by atoms with Crippen molar-refractivity contribution >= 4 is 44.8 Å². The molecule has 0 spiro atoms. The fraction of sp³-hybridized carbons (Fsp3) is 0.448. The number of fused-ring (bicyclic) bond motifs is 1. The number of hydrogen-bond acceptors (Lipinski definition) is 8. The molecule has 0 radical (unpaired) electrons. The van der Waals surface area contributed by atoms with Crippen molar-refractivity contribution in [2.45, 2.75) is 13.3 Å². The van der Waals surface area contributed by atoms with Crippen LogP contribution in [0.5, 0.6) is 11.5 Å². The number of methoxy groups -OCH3 is 2. The Labute approximate surface area is 233 Å². The van der Waals surface area contributed by atoms with Crippen molar-refractivity contribution in [1.82, 2.24) is 9.80 Å². The summed E-state index contributed by atoms with van der Waals surface area (Å²) in [5, 5.41) is 3.52. The molecule has 2 fully saturated rings. The van der Waals surface area contributed by atoms with E-state index in [1.165, 1.54) is 27.8 Å². The molecule has 0 aliphatic carbocycles. The highest BCUT2D eigenvalue weighted by molar-refractivity contribution is 7.17. The van der Waals surface area contributed by atoms with Crippen LogP contribution in [0.15, 0.2) is 41.8 Å². The van der Waals surface area contributed by atoms with E-state index < -0.39 is 6.09 Å². The van der Waals surface area contributed by atoms with Gasteiger partial charge in [0.05, 0.1) is 20.8 Å². The molecule has 2 aromatic carbocycles. The Morgan fingerprint density at radius 3 is 2.59 bits per heavy atom. The molecule has 0 saturated carbocycles. The van der Waals surface area contributed by atoms with Crippen LogP contribution in [0, 0.1) is 6.92 Å². The quantitative estimate of drug-likeness (QED) is 0.388. The number of ether oxygens (including phenoxy) is 3. The molecule has 0 bridgehead atoms. The van der Waals surface area contributed by atoms with Crippen molar-refractivity contribution in [2.24, 2.45) is 0 Å². The van der Waals surface area contributed by atoms with E-state index in [0.29, 0.717) is 31.2 Å². The van der Waals surface area contributed by atoms with E-state index in [4.69, 9.17) is 14.2 Å². The minimum absolute atomic E-state index is 0.00971. The SMILES string of the molecule is COC(=O)N1CCN(c2cc(C)c(OCCCN3CCN(c4cccc5sccc45)CC3)c(OC)c2)C(=O)C1. The van der Waals surface area contributed by atoms with Crippen LogP contribution in [0.25, 0.3) is 10.1 Å². The first kappa shape index (κ1) is 27.1. The van der Waals surface area contributed by atoms with Gasteiger partial charge in [-0.05, 0) is 48.6 Å². The first-order valence-corrected chi connectivity index (χ1v) is 14.2. The van der Waals surface area contributed by atoms with Gasteiger partial charge in [-0.1, -0.05) is 6.07 Å². The highest BCUT2D eigenvalue weighted by Crippen LogP contribution is 2.36. The number of nitrogens with zero attached hydrogens (tertiary/aromatic N) is 4. The number of carbonyl (C=O) groups excluding carboxylic acids is 2. The summed E-state index contributed by atoms with van der Waals surface area (Å²) in [6, 6.07) is 12.6. The zero-order valence-corrected chi connectivity index (χ0v) is 23.7. The van der Waals surface area contributed by atoms with Crippen LogP contribution in [0.1, 0.15) is 12.0 Å². The maximum atomic E-state index is 12.7. The minimum Gasteiger partial charge on any atom is -0.493 e.